The van der Waals surface area contributed by atoms with Crippen LogP contribution in [0.15, 0.2) is 0 Å². The molecule has 0 aromatic heterocycles. The number of hydrogen-bond donors (Lipinski definition) is 1. The van der Waals surface area contributed by atoms with Gasteiger partial charge in [-0.15, -0.1) is 0 Å². The van der Waals surface area contributed by atoms with Gasteiger partial charge in [-0.3, -0.25) is 9.69 Å². The van der Waals surface area contributed by atoms with Crippen molar-refractivity contribution in [3.63, 3.8) is 0 Å². The Labute approximate surface area is 115 Å². The summed E-state index contributed by atoms with van der Waals surface area (Å²) in [5.74, 6) is 0.736. The minimum atomic E-state index is -0.116. The Hall–Kier alpha value is -0.650. The standard InChI is InChI=1S/C14H26N2O3/c1-10-6-16(7-11(2)19-10)14(18)9-15(3)8-12-4-13(17)5-12/h10-13,17H,4-9H2,1-3H3. The van der Waals surface area contributed by atoms with Gasteiger partial charge in [0.05, 0.1) is 24.9 Å². The SMILES string of the molecule is CC1CN(C(=O)CN(C)CC2CC(O)C2)CC(C)O1. The van der Waals surface area contributed by atoms with Gasteiger partial charge in [-0.2, -0.15) is 0 Å². The van der Waals surface area contributed by atoms with Crippen molar-refractivity contribution in [1.29, 1.82) is 0 Å². The molecule has 19 heavy (non-hydrogen) atoms. The number of rotatable bonds is 4. The van der Waals surface area contributed by atoms with E-state index in [0.717, 1.165) is 19.4 Å². The van der Waals surface area contributed by atoms with Crippen LogP contribution in [0.4, 0.5) is 0 Å². The minimum Gasteiger partial charge on any atom is -0.393 e. The van der Waals surface area contributed by atoms with Crippen molar-refractivity contribution in [1.82, 2.24) is 9.80 Å². The summed E-state index contributed by atoms with van der Waals surface area (Å²) in [6.45, 7) is 6.77. The third kappa shape index (κ3) is 4.16. The zero-order valence-electron chi connectivity index (χ0n) is 12.2. The van der Waals surface area contributed by atoms with Gasteiger partial charge in [0.25, 0.3) is 0 Å². The van der Waals surface area contributed by atoms with Gasteiger partial charge in [0.1, 0.15) is 0 Å². The molecule has 5 nitrogen and oxygen atoms in total. The molecule has 1 N–H and O–H groups in total. The van der Waals surface area contributed by atoms with Crippen LogP contribution in [0.5, 0.6) is 0 Å². The highest BCUT2D eigenvalue weighted by Gasteiger charge is 2.30. The summed E-state index contributed by atoms with van der Waals surface area (Å²) < 4.78 is 5.64. The van der Waals surface area contributed by atoms with Crippen molar-refractivity contribution >= 4 is 5.91 Å². The number of aliphatic hydroxyl groups excluding tert-OH is 1. The lowest BCUT2D eigenvalue weighted by Crippen LogP contribution is -2.51. The largest absolute Gasteiger partial charge is 0.393 e. The van der Waals surface area contributed by atoms with E-state index in [-0.39, 0.29) is 24.2 Å². The first kappa shape index (κ1) is 14.8. The van der Waals surface area contributed by atoms with Crippen molar-refractivity contribution in [2.24, 2.45) is 5.92 Å². The zero-order valence-corrected chi connectivity index (χ0v) is 12.2. The van der Waals surface area contributed by atoms with Crippen LogP contribution < -0.4 is 0 Å². The predicted octanol–water partition coefficient (Wildman–Crippen LogP) is 0.325. The molecule has 0 aromatic rings. The molecule has 0 bridgehead atoms. The predicted molar refractivity (Wildman–Crippen MR) is 72.8 cm³/mol. The lowest BCUT2D eigenvalue weighted by atomic mass is 9.82. The second kappa shape index (κ2) is 6.20. The first-order valence-corrected chi connectivity index (χ1v) is 7.24. The highest BCUT2D eigenvalue weighted by Crippen LogP contribution is 2.27. The van der Waals surface area contributed by atoms with Crippen molar-refractivity contribution in [3.05, 3.63) is 0 Å². The number of amides is 1. The third-order valence-corrected chi connectivity index (χ3v) is 3.96. The van der Waals surface area contributed by atoms with E-state index < -0.39 is 0 Å². The average molecular weight is 270 g/mol. The summed E-state index contributed by atoms with van der Waals surface area (Å²) in [4.78, 5) is 16.2. The number of carbonyl (C=O) groups excluding carboxylic acids is 1. The van der Waals surface area contributed by atoms with Gasteiger partial charge in [0.2, 0.25) is 5.91 Å². The van der Waals surface area contributed by atoms with E-state index in [2.05, 4.69) is 4.90 Å². The van der Waals surface area contributed by atoms with E-state index in [1.165, 1.54) is 0 Å². The van der Waals surface area contributed by atoms with Crippen LogP contribution in [0.2, 0.25) is 0 Å². The fraction of sp³-hybridized carbons (Fsp3) is 0.929. The van der Waals surface area contributed by atoms with Gasteiger partial charge in [0.15, 0.2) is 0 Å². The monoisotopic (exact) mass is 270 g/mol. The van der Waals surface area contributed by atoms with Gasteiger partial charge in [-0.1, -0.05) is 0 Å². The normalized spacial score (nSPS) is 35.3. The molecule has 1 heterocycles. The molecular formula is C14H26N2O3. The molecular weight excluding hydrogens is 244 g/mol. The molecule has 110 valence electrons. The summed E-state index contributed by atoms with van der Waals surface area (Å²) in [5, 5.41) is 9.27. The molecule has 2 fully saturated rings. The lowest BCUT2D eigenvalue weighted by molar-refractivity contribution is -0.144. The topological polar surface area (TPSA) is 53.0 Å². The highest BCUT2D eigenvalue weighted by atomic mass is 16.5. The average Bonchev–Trinajstić information content (AvgIpc) is 2.25. The fourth-order valence-electron chi connectivity index (χ4n) is 3.07. The van der Waals surface area contributed by atoms with Gasteiger partial charge in [0, 0.05) is 19.6 Å². The Kier molecular flexibility index (Phi) is 4.81. The molecule has 0 spiro atoms. The van der Waals surface area contributed by atoms with Gasteiger partial charge in [-0.05, 0) is 39.7 Å². The van der Waals surface area contributed by atoms with E-state index in [9.17, 15) is 9.90 Å². The summed E-state index contributed by atoms with van der Waals surface area (Å²) in [7, 11) is 1.98. The second-order valence-corrected chi connectivity index (χ2v) is 6.24. The van der Waals surface area contributed by atoms with Gasteiger partial charge >= 0.3 is 0 Å². The number of hydrogen-bond acceptors (Lipinski definition) is 4. The van der Waals surface area contributed by atoms with E-state index in [0.29, 0.717) is 25.6 Å². The first-order chi connectivity index (χ1) is 8.94. The molecule has 1 aliphatic heterocycles. The highest BCUT2D eigenvalue weighted by molar-refractivity contribution is 5.78. The molecule has 1 saturated carbocycles. The number of aliphatic hydroxyl groups is 1. The Balaban J connectivity index is 1.73. The Bertz CT molecular complexity index is 308. The molecule has 1 aliphatic carbocycles. The van der Waals surface area contributed by atoms with Crippen molar-refractivity contribution < 1.29 is 14.6 Å². The number of nitrogens with zero attached hydrogens (tertiary/aromatic N) is 2. The van der Waals surface area contributed by atoms with Crippen LogP contribution in [0, 0.1) is 5.92 Å². The van der Waals surface area contributed by atoms with E-state index in [1.54, 1.807) is 0 Å². The molecule has 2 rings (SSSR count). The Morgan fingerprint density at radius 2 is 1.89 bits per heavy atom. The molecule has 0 aromatic carbocycles. The molecule has 2 aliphatic rings. The maximum Gasteiger partial charge on any atom is 0.236 e. The van der Waals surface area contributed by atoms with Crippen LogP contribution >= 0.6 is 0 Å². The summed E-state index contributed by atoms with van der Waals surface area (Å²) in [6.07, 6.45) is 1.89. The van der Waals surface area contributed by atoms with Crippen LogP contribution in [-0.2, 0) is 9.53 Å². The van der Waals surface area contributed by atoms with Gasteiger partial charge < -0.3 is 14.7 Å². The maximum absolute atomic E-state index is 12.2. The summed E-state index contributed by atoms with van der Waals surface area (Å²) in [5.41, 5.74) is 0. The second-order valence-electron chi connectivity index (χ2n) is 6.24. The minimum absolute atomic E-state index is 0.116. The lowest BCUT2D eigenvalue weighted by Gasteiger charge is -2.37. The zero-order chi connectivity index (χ0) is 14.0. The van der Waals surface area contributed by atoms with E-state index in [1.807, 2.05) is 25.8 Å². The van der Waals surface area contributed by atoms with Crippen LogP contribution in [0.3, 0.4) is 0 Å². The van der Waals surface area contributed by atoms with Crippen LogP contribution in [0.25, 0.3) is 0 Å². The Morgan fingerprint density at radius 3 is 2.42 bits per heavy atom. The van der Waals surface area contributed by atoms with Crippen LogP contribution in [-0.4, -0.2) is 72.4 Å². The number of ether oxygens (including phenoxy) is 1. The fourth-order valence-corrected chi connectivity index (χ4v) is 3.07. The number of likely N-dealkylation sites (N-methyl/N-ethyl adjacent to an activating group) is 1. The molecule has 0 radical (unpaired) electrons. The smallest absolute Gasteiger partial charge is 0.236 e. The van der Waals surface area contributed by atoms with Crippen molar-refractivity contribution in [2.75, 3.05) is 33.2 Å². The van der Waals surface area contributed by atoms with Crippen molar-refractivity contribution in [3.8, 4) is 0 Å². The summed E-state index contributed by atoms with van der Waals surface area (Å²) >= 11 is 0. The maximum atomic E-state index is 12.2. The van der Waals surface area contributed by atoms with E-state index in [4.69, 9.17) is 4.74 Å². The third-order valence-electron chi connectivity index (χ3n) is 3.96. The molecule has 5 heteroatoms. The Morgan fingerprint density at radius 1 is 1.32 bits per heavy atom. The van der Waals surface area contributed by atoms with Crippen molar-refractivity contribution in [2.45, 2.75) is 45.0 Å². The first-order valence-electron chi connectivity index (χ1n) is 7.24. The molecule has 2 unspecified atom stereocenters. The van der Waals surface area contributed by atoms with Gasteiger partial charge in [-0.25, -0.2) is 0 Å². The molecule has 1 saturated heterocycles. The molecule has 2 atom stereocenters. The van der Waals surface area contributed by atoms with Crippen LogP contribution in [0.1, 0.15) is 26.7 Å². The quantitative estimate of drug-likeness (QED) is 0.799. The number of carbonyl (C=O) groups is 1. The number of morpholine rings is 1. The van der Waals surface area contributed by atoms with E-state index >= 15 is 0 Å². The molecule has 1 amide bonds. The summed E-state index contributed by atoms with van der Waals surface area (Å²) in [6, 6.07) is 0.